The topological polar surface area (TPSA) is 87.6 Å². The van der Waals surface area contributed by atoms with E-state index in [-0.39, 0.29) is 5.89 Å². The molecule has 25 heavy (non-hydrogen) atoms. The zero-order valence-corrected chi connectivity index (χ0v) is 14.2. The number of rotatable bonds is 4. The van der Waals surface area contributed by atoms with Gasteiger partial charge in [-0.2, -0.15) is 0 Å². The smallest absolute Gasteiger partial charge is 0.347 e. The second-order valence-electron chi connectivity index (χ2n) is 5.48. The number of methoxy groups -OCH3 is 2. The van der Waals surface area contributed by atoms with Crippen LogP contribution in [0, 0.1) is 0 Å². The minimum Gasteiger partial charge on any atom is -0.493 e. The summed E-state index contributed by atoms with van der Waals surface area (Å²) in [5, 5.41) is 0.362. The Morgan fingerprint density at radius 3 is 2.64 bits per heavy atom. The maximum atomic E-state index is 12.1. The van der Waals surface area contributed by atoms with Crippen molar-refractivity contribution in [1.82, 2.24) is 4.98 Å². The zero-order chi connectivity index (χ0) is 18.0. The van der Waals surface area contributed by atoms with Crippen molar-refractivity contribution in [2.75, 3.05) is 20.0 Å². The molecule has 0 aliphatic carbocycles. The standard InChI is InChI=1S/C19H18N2O4/c1-11(12-7-8-15(23-2)16(10-12)24-3)9-17-21-18-13(19(22)25-17)5-4-6-14(18)20/h4-10H,20H2,1-3H3/b11-9+. The molecule has 0 saturated carbocycles. The first kappa shape index (κ1) is 16.6. The average molecular weight is 338 g/mol. The molecule has 0 radical (unpaired) electrons. The van der Waals surface area contributed by atoms with Crippen LogP contribution in [0.3, 0.4) is 0 Å². The fourth-order valence-corrected chi connectivity index (χ4v) is 2.55. The van der Waals surface area contributed by atoms with Crippen molar-refractivity contribution >= 4 is 28.2 Å². The van der Waals surface area contributed by atoms with Crippen molar-refractivity contribution < 1.29 is 13.9 Å². The number of fused-ring (bicyclic) bond motifs is 1. The molecule has 6 nitrogen and oxygen atoms in total. The van der Waals surface area contributed by atoms with Crippen LogP contribution in [0.1, 0.15) is 18.4 Å². The molecule has 0 unspecified atom stereocenters. The summed E-state index contributed by atoms with van der Waals surface area (Å²) in [5.74, 6) is 1.45. The maximum absolute atomic E-state index is 12.1. The number of allylic oxidation sites excluding steroid dienone is 1. The first-order chi connectivity index (χ1) is 12.0. The van der Waals surface area contributed by atoms with E-state index < -0.39 is 5.63 Å². The van der Waals surface area contributed by atoms with E-state index in [4.69, 9.17) is 19.6 Å². The van der Waals surface area contributed by atoms with Gasteiger partial charge in [0.25, 0.3) is 0 Å². The molecule has 2 aromatic carbocycles. The highest BCUT2D eigenvalue weighted by atomic mass is 16.5. The normalized spacial score (nSPS) is 11.6. The summed E-state index contributed by atoms with van der Waals surface area (Å²) in [4.78, 5) is 16.5. The van der Waals surface area contributed by atoms with Crippen LogP contribution in [0.4, 0.5) is 5.69 Å². The Kier molecular flexibility index (Phi) is 4.43. The minimum absolute atomic E-state index is 0.197. The van der Waals surface area contributed by atoms with Crippen molar-refractivity contribution in [1.29, 1.82) is 0 Å². The van der Waals surface area contributed by atoms with Crippen LogP contribution < -0.4 is 20.8 Å². The van der Waals surface area contributed by atoms with E-state index in [0.29, 0.717) is 28.1 Å². The van der Waals surface area contributed by atoms with Crippen molar-refractivity contribution in [2.45, 2.75) is 6.92 Å². The molecule has 3 rings (SSSR count). The van der Waals surface area contributed by atoms with Crippen LogP contribution in [-0.4, -0.2) is 19.2 Å². The van der Waals surface area contributed by atoms with Gasteiger partial charge in [-0.25, -0.2) is 9.78 Å². The first-order valence-electron chi connectivity index (χ1n) is 7.63. The molecule has 1 aromatic heterocycles. The molecule has 0 aliphatic rings. The quantitative estimate of drug-likeness (QED) is 0.734. The highest BCUT2D eigenvalue weighted by molar-refractivity contribution is 5.89. The molecular weight excluding hydrogens is 320 g/mol. The Labute approximate surface area is 144 Å². The Morgan fingerprint density at radius 1 is 1.16 bits per heavy atom. The first-order valence-corrected chi connectivity index (χ1v) is 7.63. The number of hydrogen-bond donors (Lipinski definition) is 1. The summed E-state index contributed by atoms with van der Waals surface area (Å²) >= 11 is 0. The largest absolute Gasteiger partial charge is 0.493 e. The lowest BCUT2D eigenvalue weighted by molar-refractivity contribution is 0.355. The van der Waals surface area contributed by atoms with Crippen LogP contribution in [0.2, 0.25) is 0 Å². The number of nitrogen functional groups attached to an aromatic ring is 1. The Balaban J connectivity index is 2.07. The van der Waals surface area contributed by atoms with Crippen LogP contribution in [-0.2, 0) is 0 Å². The highest BCUT2D eigenvalue weighted by Crippen LogP contribution is 2.30. The maximum Gasteiger partial charge on any atom is 0.347 e. The predicted molar refractivity (Wildman–Crippen MR) is 97.8 cm³/mol. The number of aromatic nitrogens is 1. The number of benzene rings is 2. The van der Waals surface area contributed by atoms with E-state index in [2.05, 4.69) is 4.98 Å². The van der Waals surface area contributed by atoms with Gasteiger partial charge >= 0.3 is 5.63 Å². The van der Waals surface area contributed by atoms with Gasteiger partial charge in [0.1, 0.15) is 5.52 Å². The minimum atomic E-state index is -0.469. The molecule has 2 N–H and O–H groups in total. The fourth-order valence-electron chi connectivity index (χ4n) is 2.55. The van der Waals surface area contributed by atoms with Crippen molar-refractivity contribution in [2.24, 2.45) is 0 Å². The lowest BCUT2D eigenvalue weighted by Crippen LogP contribution is -2.04. The van der Waals surface area contributed by atoms with Gasteiger partial charge in [-0.15, -0.1) is 0 Å². The number of nitrogens with zero attached hydrogens (tertiary/aromatic N) is 1. The lowest BCUT2D eigenvalue weighted by atomic mass is 10.1. The van der Waals surface area contributed by atoms with Gasteiger partial charge in [-0.3, -0.25) is 0 Å². The van der Waals surface area contributed by atoms with Crippen LogP contribution in [0.25, 0.3) is 22.6 Å². The molecule has 0 aliphatic heterocycles. The van der Waals surface area contributed by atoms with Crippen LogP contribution in [0.5, 0.6) is 11.5 Å². The van der Waals surface area contributed by atoms with Crippen molar-refractivity contribution in [3.05, 3.63) is 58.3 Å². The third-order valence-corrected chi connectivity index (χ3v) is 3.89. The molecule has 0 atom stereocenters. The Hall–Kier alpha value is -3.28. The molecule has 128 valence electrons. The van der Waals surface area contributed by atoms with Gasteiger partial charge < -0.3 is 19.6 Å². The molecule has 0 amide bonds. The van der Waals surface area contributed by atoms with E-state index in [1.165, 1.54) is 0 Å². The number of ether oxygens (including phenoxy) is 2. The summed E-state index contributed by atoms with van der Waals surface area (Å²) in [7, 11) is 3.16. The van der Waals surface area contributed by atoms with Gasteiger partial charge in [0.2, 0.25) is 5.89 Å². The Bertz CT molecular complexity index is 1020. The zero-order valence-electron chi connectivity index (χ0n) is 14.2. The van der Waals surface area contributed by atoms with E-state index in [1.807, 2.05) is 25.1 Å². The molecule has 0 fully saturated rings. The highest BCUT2D eigenvalue weighted by Gasteiger charge is 2.09. The third-order valence-electron chi connectivity index (χ3n) is 3.89. The third kappa shape index (κ3) is 3.19. The summed E-state index contributed by atoms with van der Waals surface area (Å²) in [6.45, 7) is 1.89. The molecule has 0 spiro atoms. The van der Waals surface area contributed by atoms with Crippen molar-refractivity contribution in [3.63, 3.8) is 0 Å². The summed E-state index contributed by atoms with van der Waals surface area (Å²) < 4.78 is 15.8. The van der Waals surface area contributed by atoms with E-state index in [9.17, 15) is 4.79 Å². The molecule has 3 aromatic rings. The van der Waals surface area contributed by atoms with Gasteiger partial charge in [-0.1, -0.05) is 12.1 Å². The fraction of sp³-hybridized carbons (Fsp3) is 0.158. The summed E-state index contributed by atoms with van der Waals surface area (Å²) in [6, 6.07) is 10.6. The number of nitrogens with two attached hydrogens (primary N) is 1. The van der Waals surface area contributed by atoms with Gasteiger partial charge in [-0.05, 0) is 42.3 Å². The van der Waals surface area contributed by atoms with Gasteiger partial charge in [0.15, 0.2) is 11.5 Å². The monoisotopic (exact) mass is 338 g/mol. The predicted octanol–water partition coefficient (Wildman–Crippen LogP) is 3.35. The second kappa shape index (κ2) is 6.68. The Morgan fingerprint density at radius 2 is 1.92 bits per heavy atom. The van der Waals surface area contributed by atoms with Crippen molar-refractivity contribution in [3.8, 4) is 11.5 Å². The molecule has 0 saturated heterocycles. The SMILES string of the molecule is COc1ccc(/C(C)=C/c2nc3c(N)cccc3c(=O)o2)cc1OC. The average Bonchev–Trinajstić information content (AvgIpc) is 2.62. The molecule has 0 bridgehead atoms. The van der Waals surface area contributed by atoms with E-state index in [0.717, 1.165) is 11.1 Å². The number of hydrogen-bond acceptors (Lipinski definition) is 6. The summed E-state index contributed by atoms with van der Waals surface area (Å²) in [6.07, 6.45) is 1.69. The number of para-hydroxylation sites is 1. The van der Waals surface area contributed by atoms with Gasteiger partial charge in [0, 0.05) is 6.08 Å². The number of anilines is 1. The molecule has 1 heterocycles. The van der Waals surface area contributed by atoms with E-state index >= 15 is 0 Å². The molecule has 6 heteroatoms. The van der Waals surface area contributed by atoms with Crippen LogP contribution in [0.15, 0.2) is 45.6 Å². The van der Waals surface area contributed by atoms with Gasteiger partial charge in [0.05, 0.1) is 25.3 Å². The van der Waals surface area contributed by atoms with E-state index in [1.54, 1.807) is 38.5 Å². The second-order valence-corrected chi connectivity index (χ2v) is 5.48. The molecular formula is C19H18N2O4. The summed E-state index contributed by atoms with van der Waals surface area (Å²) in [5.41, 5.74) is 8.06. The lowest BCUT2D eigenvalue weighted by Gasteiger charge is -2.09. The van der Waals surface area contributed by atoms with Crippen LogP contribution >= 0.6 is 0 Å².